The van der Waals surface area contributed by atoms with Gasteiger partial charge in [0.2, 0.25) is 0 Å². The van der Waals surface area contributed by atoms with Crippen LogP contribution in [0.15, 0.2) is 48.8 Å². The third-order valence-electron chi connectivity index (χ3n) is 6.55. The number of nitrogens with zero attached hydrogens (tertiary/aromatic N) is 2. The van der Waals surface area contributed by atoms with Gasteiger partial charge in [-0.05, 0) is 73.9 Å². The van der Waals surface area contributed by atoms with E-state index in [1.54, 1.807) is 19.5 Å². The van der Waals surface area contributed by atoms with Crippen molar-refractivity contribution < 1.29 is 19.0 Å². The molecule has 6 heteroatoms. The molecule has 0 spiro atoms. The highest BCUT2D eigenvalue weighted by atomic mass is 16.5. The topological polar surface area (TPSA) is 62.6 Å². The minimum absolute atomic E-state index is 0.0421. The van der Waals surface area contributed by atoms with Crippen molar-refractivity contribution in [2.75, 3.05) is 7.11 Å². The summed E-state index contributed by atoms with van der Waals surface area (Å²) in [6.07, 6.45) is 7.66. The molecule has 174 valence electrons. The van der Waals surface area contributed by atoms with Crippen LogP contribution >= 0.6 is 0 Å². The van der Waals surface area contributed by atoms with Crippen LogP contribution in [0.5, 0.6) is 11.5 Å². The number of rotatable bonds is 7. The molecule has 0 unspecified atom stereocenters. The van der Waals surface area contributed by atoms with Crippen LogP contribution in [0.1, 0.15) is 66.6 Å². The van der Waals surface area contributed by atoms with E-state index in [4.69, 9.17) is 14.2 Å². The van der Waals surface area contributed by atoms with Crippen molar-refractivity contribution in [1.29, 1.82) is 0 Å². The molecule has 33 heavy (non-hydrogen) atoms. The number of hydrogen-bond donors (Lipinski definition) is 0. The van der Waals surface area contributed by atoms with Crippen LogP contribution in [0.4, 0.5) is 4.79 Å². The average molecular weight is 449 g/mol. The SMILES string of the molecule is COc1cc(COC(=O)n2ccnc2[C@@H](C)c2cccc(C)c2C)ccc1OC1CCCC1. The quantitative estimate of drug-likeness (QED) is 0.433. The van der Waals surface area contributed by atoms with Crippen molar-refractivity contribution in [3.8, 4) is 11.5 Å². The van der Waals surface area contributed by atoms with Crippen molar-refractivity contribution in [3.63, 3.8) is 0 Å². The molecular formula is C27H32N2O4. The monoisotopic (exact) mass is 448 g/mol. The summed E-state index contributed by atoms with van der Waals surface area (Å²) >= 11 is 0. The number of methoxy groups -OCH3 is 1. The Hall–Kier alpha value is -3.28. The minimum atomic E-state index is -0.454. The lowest BCUT2D eigenvalue weighted by atomic mass is 9.93. The van der Waals surface area contributed by atoms with E-state index in [0.29, 0.717) is 11.6 Å². The van der Waals surface area contributed by atoms with Crippen LogP contribution in [-0.4, -0.2) is 28.9 Å². The predicted octanol–water partition coefficient (Wildman–Crippen LogP) is 6.17. The lowest BCUT2D eigenvalue weighted by molar-refractivity contribution is 0.140. The Morgan fingerprint density at radius 3 is 2.70 bits per heavy atom. The highest BCUT2D eigenvalue weighted by Crippen LogP contribution is 2.33. The molecule has 1 aliphatic rings. The van der Waals surface area contributed by atoms with Crippen molar-refractivity contribution in [3.05, 3.63) is 76.9 Å². The number of carbonyl (C=O) groups excluding carboxylic acids is 1. The third-order valence-corrected chi connectivity index (χ3v) is 6.55. The summed E-state index contributed by atoms with van der Waals surface area (Å²) in [6.45, 7) is 6.38. The Kier molecular flexibility index (Phi) is 7.02. The largest absolute Gasteiger partial charge is 0.493 e. The Morgan fingerprint density at radius 2 is 1.94 bits per heavy atom. The summed E-state index contributed by atoms with van der Waals surface area (Å²) < 4.78 is 18.7. The molecule has 4 rings (SSSR count). The maximum absolute atomic E-state index is 12.9. The zero-order chi connectivity index (χ0) is 23.4. The molecule has 1 aliphatic carbocycles. The van der Waals surface area contributed by atoms with Gasteiger partial charge in [-0.15, -0.1) is 0 Å². The number of benzene rings is 2. The number of ether oxygens (including phenoxy) is 3. The fourth-order valence-electron chi connectivity index (χ4n) is 4.47. The van der Waals surface area contributed by atoms with E-state index in [0.717, 1.165) is 29.7 Å². The normalized spacial score (nSPS) is 14.8. The van der Waals surface area contributed by atoms with Crippen molar-refractivity contribution in [1.82, 2.24) is 9.55 Å². The van der Waals surface area contributed by atoms with E-state index in [9.17, 15) is 4.79 Å². The molecule has 0 aliphatic heterocycles. The van der Waals surface area contributed by atoms with E-state index in [2.05, 4.69) is 37.9 Å². The molecule has 0 amide bonds. The third kappa shape index (κ3) is 5.05. The smallest absolute Gasteiger partial charge is 0.419 e. The molecule has 1 aromatic heterocycles. The van der Waals surface area contributed by atoms with Crippen LogP contribution in [0, 0.1) is 13.8 Å². The molecule has 0 bridgehead atoms. The predicted molar refractivity (Wildman–Crippen MR) is 127 cm³/mol. The highest BCUT2D eigenvalue weighted by Gasteiger charge is 2.21. The molecule has 0 saturated heterocycles. The number of carbonyl (C=O) groups is 1. The van der Waals surface area contributed by atoms with Crippen molar-refractivity contribution in [2.45, 2.75) is 65.1 Å². The molecule has 3 aromatic rings. The maximum Gasteiger partial charge on any atom is 0.419 e. The van der Waals surface area contributed by atoms with Gasteiger partial charge in [0.15, 0.2) is 11.5 Å². The van der Waals surface area contributed by atoms with Gasteiger partial charge in [-0.1, -0.05) is 31.2 Å². The summed E-state index contributed by atoms with van der Waals surface area (Å²) in [5, 5.41) is 0. The van der Waals surface area contributed by atoms with Crippen LogP contribution in [0.2, 0.25) is 0 Å². The van der Waals surface area contributed by atoms with Crippen LogP contribution in [0.25, 0.3) is 0 Å². The fraction of sp³-hybridized carbons (Fsp3) is 0.407. The minimum Gasteiger partial charge on any atom is -0.493 e. The summed E-state index contributed by atoms with van der Waals surface area (Å²) in [6, 6.07) is 11.9. The molecule has 6 nitrogen and oxygen atoms in total. The molecule has 1 atom stereocenters. The molecular weight excluding hydrogens is 416 g/mol. The van der Waals surface area contributed by atoms with Gasteiger partial charge >= 0.3 is 6.09 Å². The van der Waals surface area contributed by atoms with Crippen LogP contribution < -0.4 is 9.47 Å². The molecule has 1 saturated carbocycles. The molecule has 1 heterocycles. The Morgan fingerprint density at radius 1 is 1.15 bits per heavy atom. The van der Waals surface area contributed by atoms with Gasteiger partial charge in [-0.2, -0.15) is 0 Å². The summed E-state index contributed by atoms with van der Waals surface area (Å²) in [5.74, 6) is 2.01. The van der Waals surface area contributed by atoms with Gasteiger partial charge in [0.05, 0.1) is 13.2 Å². The molecule has 0 radical (unpaired) electrons. The number of aryl methyl sites for hydroxylation is 1. The van der Waals surface area contributed by atoms with E-state index >= 15 is 0 Å². The van der Waals surface area contributed by atoms with Gasteiger partial charge in [0, 0.05) is 18.3 Å². The first-order valence-electron chi connectivity index (χ1n) is 11.6. The lowest BCUT2D eigenvalue weighted by Crippen LogP contribution is -2.18. The second kappa shape index (κ2) is 10.1. The Labute approximate surface area is 195 Å². The second-order valence-electron chi connectivity index (χ2n) is 8.73. The number of aromatic nitrogens is 2. The Balaban J connectivity index is 1.44. The van der Waals surface area contributed by atoms with Gasteiger partial charge in [-0.25, -0.2) is 14.3 Å². The second-order valence-corrected chi connectivity index (χ2v) is 8.73. The maximum atomic E-state index is 12.9. The van der Waals surface area contributed by atoms with Crippen molar-refractivity contribution >= 4 is 6.09 Å². The first-order chi connectivity index (χ1) is 16.0. The van der Waals surface area contributed by atoms with Crippen LogP contribution in [0.3, 0.4) is 0 Å². The standard InChI is InChI=1S/C27H32N2O4/c1-18-8-7-11-23(19(18)2)20(3)26-28-14-15-29(26)27(30)32-17-21-12-13-24(25(16-21)31-4)33-22-9-5-6-10-22/h7-8,11-16,20,22H,5-6,9-10,17H2,1-4H3/t20-/m0/s1. The van der Waals surface area contributed by atoms with E-state index in [-0.39, 0.29) is 18.6 Å². The number of imidazole rings is 1. The first-order valence-corrected chi connectivity index (χ1v) is 11.6. The molecule has 2 aromatic carbocycles. The summed E-state index contributed by atoms with van der Waals surface area (Å²) in [7, 11) is 1.62. The van der Waals surface area contributed by atoms with E-state index in [1.807, 2.05) is 24.3 Å². The fourth-order valence-corrected chi connectivity index (χ4v) is 4.47. The van der Waals surface area contributed by atoms with E-state index in [1.165, 1.54) is 28.5 Å². The lowest BCUT2D eigenvalue weighted by Gasteiger charge is -2.18. The van der Waals surface area contributed by atoms with Gasteiger partial charge in [-0.3, -0.25) is 0 Å². The molecule has 0 N–H and O–H groups in total. The highest BCUT2D eigenvalue weighted by molar-refractivity contribution is 5.71. The van der Waals surface area contributed by atoms with Gasteiger partial charge in [0.25, 0.3) is 0 Å². The van der Waals surface area contributed by atoms with Crippen molar-refractivity contribution in [2.24, 2.45) is 0 Å². The summed E-state index contributed by atoms with van der Waals surface area (Å²) in [4.78, 5) is 17.3. The summed E-state index contributed by atoms with van der Waals surface area (Å²) in [5.41, 5.74) is 4.41. The Bertz CT molecular complexity index is 1120. The zero-order valence-corrected chi connectivity index (χ0v) is 19.8. The molecule has 1 fully saturated rings. The average Bonchev–Trinajstić information content (AvgIpc) is 3.52. The van der Waals surface area contributed by atoms with Gasteiger partial charge in [0.1, 0.15) is 12.4 Å². The van der Waals surface area contributed by atoms with Crippen LogP contribution in [-0.2, 0) is 11.3 Å². The van der Waals surface area contributed by atoms with Gasteiger partial charge < -0.3 is 14.2 Å². The number of hydrogen-bond acceptors (Lipinski definition) is 5. The zero-order valence-electron chi connectivity index (χ0n) is 19.8. The first kappa shape index (κ1) is 22.9. The van der Waals surface area contributed by atoms with E-state index < -0.39 is 6.09 Å².